The predicted octanol–water partition coefficient (Wildman–Crippen LogP) is 5.67. The van der Waals surface area contributed by atoms with Crippen molar-refractivity contribution in [3.05, 3.63) is 118 Å². The average Bonchev–Trinajstić information content (AvgIpc) is 3.41. The van der Waals surface area contributed by atoms with E-state index >= 15 is 0 Å². The van der Waals surface area contributed by atoms with Crippen molar-refractivity contribution in [2.45, 2.75) is 26.9 Å². The van der Waals surface area contributed by atoms with Gasteiger partial charge in [0, 0.05) is 0 Å². The molecule has 0 saturated carbocycles. The molecule has 0 amide bonds. The van der Waals surface area contributed by atoms with Crippen molar-refractivity contribution in [3.63, 3.8) is 0 Å². The summed E-state index contributed by atoms with van der Waals surface area (Å²) in [5.41, 5.74) is 5.33. The summed E-state index contributed by atoms with van der Waals surface area (Å²) >= 11 is 0. The van der Waals surface area contributed by atoms with E-state index in [0.717, 1.165) is 0 Å². The molecule has 4 aromatic rings. The molecule has 172 valence electrons. The van der Waals surface area contributed by atoms with E-state index in [9.17, 15) is 0 Å². The van der Waals surface area contributed by atoms with E-state index in [1.165, 1.54) is 43.1 Å². The van der Waals surface area contributed by atoms with Gasteiger partial charge in [0.05, 0.1) is 0 Å². The van der Waals surface area contributed by atoms with Gasteiger partial charge in [0.15, 0.2) is 0 Å². The lowest BCUT2D eigenvalue weighted by Gasteiger charge is -2.32. The molecule has 0 aliphatic heterocycles. The zero-order valence-electron chi connectivity index (χ0n) is 21.0. The Bertz CT molecular complexity index is 1550. The average molecular weight is 469 g/mol. The lowest BCUT2D eigenvalue weighted by Crippen LogP contribution is -2.43. The van der Waals surface area contributed by atoms with Gasteiger partial charge >= 0.3 is 0 Å². The summed E-state index contributed by atoms with van der Waals surface area (Å²) in [6.07, 6.45) is 5.04. The molecule has 35 heavy (non-hydrogen) atoms. The number of hydrogen-bond acceptors (Lipinski definition) is 0. The van der Waals surface area contributed by atoms with E-state index in [-0.39, 0.29) is 0 Å². The number of fused-ring (bicyclic) bond motifs is 2. The minimum atomic E-state index is -1.94. The Morgan fingerprint density at radius 3 is 1.29 bits per heavy atom. The van der Waals surface area contributed by atoms with Gasteiger partial charge in [-0.05, 0) is 55.0 Å². The van der Waals surface area contributed by atoms with Gasteiger partial charge in [-0.1, -0.05) is 147 Å². The van der Waals surface area contributed by atoms with E-state index in [1.54, 1.807) is 10.4 Å². The fraction of sp³-hybridized carbons (Fsp3) is 0.176. The summed E-state index contributed by atoms with van der Waals surface area (Å²) in [5, 5.41) is 9.16. The highest BCUT2D eigenvalue weighted by Gasteiger charge is 2.38. The molecule has 0 radical (unpaired) electrons. The molecular weight excluding hydrogens is 436 g/mol. The Balaban J connectivity index is 1.60. The minimum Gasteiger partial charge on any atom is -0.0695 e. The molecule has 2 aliphatic rings. The highest BCUT2D eigenvalue weighted by Crippen LogP contribution is 2.37. The highest BCUT2D eigenvalue weighted by atomic mass is 28.3. The predicted molar refractivity (Wildman–Crippen MR) is 154 cm³/mol. The van der Waals surface area contributed by atoms with E-state index < -0.39 is 8.07 Å². The van der Waals surface area contributed by atoms with Crippen molar-refractivity contribution in [2.24, 2.45) is 11.8 Å². The standard InChI is InChI=1S/C34H32Si/c1-23-21-31-27(25-13-7-5-8-14-25)17-11-19-29(31)33(23)35(3,4)34-24(2)22-32-28(18-12-20-30(32)34)26-15-9-6-10-16-26/h5-24H,1-4H3. The summed E-state index contributed by atoms with van der Waals surface area (Å²) in [7, 11) is -1.94. The normalized spacial score (nSPS) is 18.6. The molecule has 0 nitrogen and oxygen atoms in total. The maximum atomic E-state index is 2.58. The second kappa shape index (κ2) is 8.36. The maximum absolute atomic E-state index is 2.58. The van der Waals surface area contributed by atoms with E-state index in [0.29, 0.717) is 11.8 Å². The number of benzene rings is 4. The molecule has 0 bridgehead atoms. The highest BCUT2D eigenvalue weighted by molar-refractivity contribution is 7.06. The van der Waals surface area contributed by atoms with E-state index in [2.05, 4.69) is 136 Å². The van der Waals surface area contributed by atoms with E-state index in [1.807, 2.05) is 0 Å². The third-order valence-corrected chi connectivity index (χ3v) is 12.2. The van der Waals surface area contributed by atoms with Crippen LogP contribution in [0.3, 0.4) is 0 Å². The summed E-state index contributed by atoms with van der Waals surface area (Å²) in [5.74, 6) is 0.912. The Labute approximate surface area is 209 Å². The van der Waals surface area contributed by atoms with Crippen LogP contribution in [0.15, 0.2) is 97.1 Å². The van der Waals surface area contributed by atoms with Crippen LogP contribution in [-0.4, -0.2) is 8.07 Å². The van der Waals surface area contributed by atoms with Gasteiger partial charge < -0.3 is 0 Å². The van der Waals surface area contributed by atoms with Crippen molar-refractivity contribution in [2.75, 3.05) is 0 Å². The van der Waals surface area contributed by atoms with Gasteiger partial charge in [0.25, 0.3) is 0 Å². The van der Waals surface area contributed by atoms with Crippen LogP contribution in [0.1, 0.15) is 13.8 Å². The fourth-order valence-corrected chi connectivity index (χ4v) is 11.3. The van der Waals surface area contributed by atoms with Crippen LogP contribution in [0.2, 0.25) is 13.1 Å². The fourth-order valence-electron chi connectivity index (χ4n) is 6.81. The number of rotatable bonds is 4. The first kappa shape index (κ1) is 22.1. The lowest BCUT2D eigenvalue weighted by atomic mass is 10.0. The molecule has 6 rings (SSSR count). The van der Waals surface area contributed by atoms with Crippen LogP contribution in [0.25, 0.3) is 44.8 Å². The van der Waals surface area contributed by atoms with Crippen LogP contribution in [0.4, 0.5) is 0 Å². The largest absolute Gasteiger partial charge is 0.106 e. The summed E-state index contributed by atoms with van der Waals surface area (Å²) in [6, 6.07) is 35.5. The van der Waals surface area contributed by atoms with Crippen molar-refractivity contribution in [1.82, 2.24) is 0 Å². The first-order chi connectivity index (χ1) is 17.0. The van der Waals surface area contributed by atoms with Gasteiger partial charge in [0.2, 0.25) is 0 Å². The van der Waals surface area contributed by atoms with Gasteiger partial charge in [-0.25, -0.2) is 0 Å². The van der Waals surface area contributed by atoms with Gasteiger partial charge in [-0.15, -0.1) is 0 Å². The lowest BCUT2D eigenvalue weighted by molar-refractivity contribution is 1.03. The second-order valence-electron chi connectivity index (χ2n) is 10.6. The van der Waals surface area contributed by atoms with E-state index in [4.69, 9.17) is 0 Å². The molecule has 0 N–H and O–H groups in total. The molecule has 2 atom stereocenters. The third-order valence-electron chi connectivity index (χ3n) is 8.05. The maximum Gasteiger partial charge on any atom is 0.106 e. The summed E-state index contributed by atoms with van der Waals surface area (Å²) in [4.78, 5) is 0. The van der Waals surface area contributed by atoms with Crippen molar-refractivity contribution in [3.8, 4) is 22.3 Å². The Morgan fingerprint density at radius 1 is 0.486 bits per heavy atom. The summed E-state index contributed by atoms with van der Waals surface area (Å²) in [6.45, 7) is 9.98. The zero-order valence-corrected chi connectivity index (χ0v) is 22.0. The smallest absolute Gasteiger partial charge is 0.0695 e. The van der Waals surface area contributed by atoms with Crippen molar-refractivity contribution < 1.29 is 0 Å². The molecule has 0 heterocycles. The molecule has 0 saturated heterocycles. The minimum absolute atomic E-state index is 0.456. The van der Waals surface area contributed by atoms with Gasteiger partial charge in [-0.3, -0.25) is 0 Å². The topological polar surface area (TPSA) is 0 Å². The molecule has 2 aliphatic carbocycles. The quantitative estimate of drug-likeness (QED) is 0.339. The van der Waals surface area contributed by atoms with Crippen LogP contribution in [-0.2, 0) is 0 Å². The van der Waals surface area contributed by atoms with Crippen LogP contribution < -0.4 is 20.9 Å². The Kier molecular flexibility index (Phi) is 5.27. The second-order valence-corrected chi connectivity index (χ2v) is 15.0. The van der Waals surface area contributed by atoms with Gasteiger partial charge in [-0.2, -0.15) is 0 Å². The zero-order chi connectivity index (χ0) is 24.2. The Morgan fingerprint density at radius 2 is 0.886 bits per heavy atom. The third kappa shape index (κ3) is 3.49. The van der Waals surface area contributed by atoms with Gasteiger partial charge in [0.1, 0.15) is 8.07 Å². The first-order valence-electron chi connectivity index (χ1n) is 12.8. The van der Waals surface area contributed by atoms with Crippen LogP contribution >= 0.6 is 0 Å². The molecular formula is C34H32Si. The summed E-state index contributed by atoms with van der Waals surface area (Å²) < 4.78 is 0. The van der Waals surface area contributed by atoms with Crippen molar-refractivity contribution in [1.29, 1.82) is 0 Å². The van der Waals surface area contributed by atoms with Crippen molar-refractivity contribution >= 4 is 30.6 Å². The molecule has 0 aromatic heterocycles. The Hall–Kier alpha value is -3.42. The molecule has 0 spiro atoms. The SMILES string of the molecule is CC1C=c2c(-c3ccccc3)cccc2=C1[Si](C)(C)C1=c2cccc(-c3ccccc3)c2=CC1C. The monoisotopic (exact) mass is 468 g/mol. The molecule has 2 unspecified atom stereocenters. The molecule has 4 aromatic carbocycles. The first-order valence-corrected chi connectivity index (χ1v) is 15.8. The van der Waals surface area contributed by atoms with Crippen LogP contribution in [0, 0.1) is 11.8 Å². The number of hydrogen-bond donors (Lipinski definition) is 0. The van der Waals surface area contributed by atoms with Crippen LogP contribution in [0.5, 0.6) is 0 Å². The molecule has 0 fully saturated rings. The molecule has 1 heteroatoms.